The van der Waals surface area contributed by atoms with Crippen molar-refractivity contribution in [3.8, 4) is 11.5 Å². The van der Waals surface area contributed by atoms with Gasteiger partial charge >= 0.3 is 0 Å². The number of carbonyl (C=O) groups is 2. The second kappa shape index (κ2) is 9.96. The molecule has 1 aromatic heterocycles. The Morgan fingerprint density at radius 1 is 1.10 bits per heavy atom. The third-order valence-electron chi connectivity index (χ3n) is 4.48. The van der Waals surface area contributed by atoms with Crippen molar-refractivity contribution in [3.05, 3.63) is 52.4 Å². The van der Waals surface area contributed by atoms with Gasteiger partial charge in [-0.3, -0.25) is 14.4 Å². The number of benzene rings is 1. The Labute approximate surface area is 176 Å². The highest BCUT2D eigenvalue weighted by Gasteiger charge is 2.23. The van der Waals surface area contributed by atoms with Crippen molar-refractivity contribution in [1.29, 1.82) is 0 Å². The molecule has 2 amide bonds. The maximum atomic E-state index is 13.0. The molecule has 162 valence electrons. The Balaban J connectivity index is 2.20. The first-order chi connectivity index (χ1) is 14.1. The number of nitrogens with zero attached hydrogens (tertiary/aromatic N) is 2. The monoisotopic (exact) mass is 415 g/mol. The molecule has 0 saturated carbocycles. The van der Waals surface area contributed by atoms with E-state index in [9.17, 15) is 14.4 Å². The van der Waals surface area contributed by atoms with Crippen molar-refractivity contribution < 1.29 is 19.1 Å². The van der Waals surface area contributed by atoms with Crippen molar-refractivity contribution in [2.45, 2.75) is 39.8 Å². The fraction of sp³-hybridized carbons (Fsp3) is 0.409. The number of para-hydroxylation sites is 2. The van der Waals surface area contributed by atoms with Gasteiger partial charge < -0.3 is 24.3 Å². The number of anilines is 1. The summed E-state index contributed by atoms with van der Waals surface area (Å²) < 4.78 is 12.0. The van der Waals surface area contributed by atoms with Gasteiger partial charge in [-0.15, -0.1) is 0 Å². The minimum Gasteiger partial charge on any atom is -0.493 e. The predicted octanol–water partition coefficient (Wildman–Crippen LogP) is 2.67. The molecule has 30 heavy (non-hydrogen) atoms. The van der Waals surface area contributed by atoms with Gasteiger partial charge in [-0.05, 0) is 45.9 Å². The fourth-order valence-corrected chi connectivity index (χ4v) is 3.20. The van der Waals surface area contributed by atoms with Crippen molar-refractivity contribution in [2.24, 2.45) is 7.05 Å². The van der Waals surface area contributed by atoms with Gasteiger partial charge in [-0.25, -0.2) is 0 Å². The lowest BCUT2D eigenvalue weighted by Crippen LogP contribution is -2.42. The van der Waals surface area contributed by atoms with Crippen molar-refractivity contribution in [2.75, 3.05) is 19.0 Å². The van der Waals surface area contributed by atoms with E-state index in [1.807, 2.05) is 27.7 Å². The van der Waals surface area contributed by atoms with Gasteiger partial charge in [0.05, 0.1) is 12.7 Å². The minimum atomic E-state index is -0.521. The highest BCUT2D eigenvalue weighted by Crippen LogP contribution is 2.25. The van der Waals surface area contributed by atoms with Crippen LogP contribution in [0.1, 0.15) is 38.1 Å². The van der Waals surface area contributed by atoms with E-state index in [-0.39, 0.29) is 30.3 Å². The molecule has 0 aliphatic carbocycles. The number of amides is 2. The summed E-state index contributed by atoms with van der Waals surface area (Å²) in [5.41, 5.74) is -0.0808. The van der Waals surface area contributed by atoms with Gasteiger partial charge in [0.1, 0.15) is 5.69 Å². The third-order valence-corrected chi connectivity index (χ3v) is 4.48. The lowest BCUT2D eigenvalue weighted by molar-refractivity contribution is -0.118. The average molecular weight is 415 g/mol. The number of methoxy groups -OCH3 is 1. The first-order valence-corrected chi connectivity index (χ1v) is 9.74. The molecule has 0 aliphatic heterocycles. The Morgan fingerprint density at radius 3 is 2.27 bits per heavy atom. The number of rotatable bonds is 8. The zero-order valence-corrected chi connectivity index (χ0v) is 18.3. The smallest absolute Gasteiger partial charge is 0.274 e. The van der Waals surface area contributed by atoms with Crippen LogP contribution in [0, 0.1) is 0 Å². The summed E-state index contributed by atoms with van der Waals surface area (Å²) in [5, 5.41) is 2.54. The van der Waals surface area contributed by atoms with Crippen LogP contribution in [0.2, 0.25) is 0 Å². The second-order valence-corrected chi connectivity index (χ2v) is 7.45. The van der Waals surface area contributed by atoms with E-state index >= 15 is 0 Å². The summed E-state index contributed by atoms with van der Waals surface area (Å²) in [5.74, 6) is 0.177. The number of hydrogen-bond acceptors (Lipinski definition) is 5. The maximum absolute atomic E-state index is 13.0. The minimum absolute atomic E-state index is 0.0120. The van der Waals surface area contributed by atoms with E-state index in [4.69, 9.17) is 9.47 Å². The van der Waals surface area contributed by atoms with Gasteiger partial charge in [-0.1, -0.05) is 12.1 Å². The van der Waals surface area contributed by atoms with Crippen LogP contribution in [0.15, 0.2) is 41.3 Å². The topological polar surface area (TPSA) is 89.9 Å². The zero-order valence-electron chi connectivity index (χ0n) is 18.3. The van der Waals surface area contributed by atoms with Crippen molar-refractivity contribution in [1.82, 2.24) is 9.47 Å². The van der Waals surface area contributed by atoms with Gasteiger partial charge in [0.2, 0.25) is 0 Å². The fourth-order valence-electron chi connectivity index (χ4n) is 3.20. The molecule has 0 bridgehead atoms. The third kappa shape index (κ3) is 5.40. The molecule has 8 nitrogen and oxygen atoms in total. The number of aromatic nitrogens is 1. The highest BCUT2D eigenvalue weighted by atomic mass is 16.5. The molecule has 8 heteroatoms. The van der Waals surface area contributed by atoms with Crippen LogP contribution in [0.4, 0.5) is 5.69 Å². The Bertz CT molecular complexity index is 957. The van der Waals surface area contributed by atoms with Crippen molar-refractivity contribution >= 4 is 17.5 Å². The lowest BCUT2D eigenvalue weighted by atomic mass is 10.1. The van der Waals surface area contributed by atoms with Crippen LogP contribution in [0.3, 0.4) is 0 Å². The number of nitrogens with one attached hydrogen (secondary N) is 1. The molecular weight excluding hydrogens is 386 g/mol. The summed E-state index contributed by atoms with van der Waals surface area (Å²) in [6.45, 7) is 7.40. The number of carbonyl (C=O) groups excluding carboxylic acids is 2. The summed E-state index contributed by atoms with van der Waals surface area (Å²) in [6.07, 6.45) is 1.48. The molecule has 1 N–H and O–H groups in total. The molecule has 1 aromatic carbocycles. The normalized spacial score (nSPS) is 10.8. The first kappa shape index (κ1) is 23.0. The maximum Gasteiger partial charge on any atom is 0.274 e. The largest absolute Gasteiger partial charge is 0.493 e. The van der Waals surface area contributed by atoms with Crippen LogP contribution < -0.4 is 20.3 Å². The molecule has 0 fully saturated rings. The summed E-state index contributed by atoms with van der Waals surface area (Å²) in [4.78, 5) is 39.5. The van der Waals surface area contributed by atoms with Crippen LogP contribution in [-0.4, -0.2) is 47.1 Å². The number of hydrogen-bond donors (Lipinski definition) is 1. The SMILES string of the molecule is COc1ccccc1OCC(=O)Nc1cc(C(=O)N(C(C)C)C(C)C)cn(C)c1=O. The predicted molar refractivity (Wildman–Crippen MR) is 115 cm³/mol. The zero-order chi connectivity index (χ0) is 22.4. The Hall–Kier alpha value is -3.29. The molecule has 0 spiro atoms. The van der Waals surface area contributed by atoms with Crippen LogP contribution in [0.25, 0.3) is 0 Å². The second-order valence-electron chi connectivity index (χ2n) is 7.45. The molecule has 0 saturated heterocycles. The van der Waals surface area contributed by atoms with E-state index in [2.05, 4.69) is 5.32 Å². The Morgan fingerprint density at radius 2 is 1.70 bits per heavy atom. The van der Waals surface area contributed by atoms with E-state index in [1.165, 1.54) is 31.0 Å². The lowest BCUT2D eigenvalue weighted by Gasteiger charge is -2.31. The summed E-state index contributed by atoms with van der Waals surface area (Å²) in [6, 6.07) is 8.32. The standard InChI is InChI=1S/C22H29N3O5/c1-14(2)25(15(3)4)21(27)16-11-17(22(28)24(5)12-16)23-20(26)13-30-19-10-8-7-9-18(19)29-6/h7-12,14-15H,13H2,1-6H3,(H,23,26). The number of aryl methyl sites for hydroxylation is 1. The summed E-state index contributed by atoms with van der Waals surface area (Å²) in [7, 11) is 3.04. The quantitative estimate of drug-likeness (QED) is 0.716. The molecule has 1 heterocycles. The molecule has 0 atom stereocenters. The van der Waals surface area contributed by atoms with E-state index in [0.29, 0.717) is 17.1 Å². The molecular formula is C22H29N3O5. The van der Waals surface area contributed by atoms with Crippen LogP contribution >= 0.6 is 0 Å². The van der Waals surface area contributed by atoms with Gasteiger partial charge in [0, 0.05) is 25.3 Å². The molecule has 0 radical (unpaired) electrons. The van der Waals surface area contributed by atoms with E-state index in [0.717, 1.165) is 0 Å². The summed E-state index contributed by atoms with van der Waals surface area (Å²) >= 11 is 0. The highest BCUT2D eigenvalue weighted by molar-refractivity contribution is 5.97. The number of pyridine rings is 1. The van der Waals surface area contributed by atoms with Crippen molar-refractivity contribution in [3.63, 3.8) is 0 Å². The molecule has 0 aliphatic rings. The van der Waals surface area contributed by atoms with E-state index in [1.54, 1.807) is 29.2 Å². The van der Waals surface area contributed by atoms with Gasteiger partial charge in [-0.2, -0.15) is 0 Å². The molecule has 0 unspecified atom stereocenters. The molecule has 2 rings (SSSR count). The van der Waals surface area contributed by atoms with Gasteiger partial charge in [0.25, 0.3) is 17.4 Å². The van der Waals surface area contributed by atoms with Crippen LogP contribution in [-0.2, 0) is 11.8 Å². The van der Waals surface area contributed by atoms with Gasteiger partial charge in [0.15, 0.2) is 18.1 Å². The Kier molecular flexibility index (Phi) is 7.63. The number of ether oxygens (including phenoxy) is 2. The average Bonchev–Trinajstić information content (AvgIpc) is 2.69. The van der Waals surface area contributed by atoms with Crippen LogP contribution in [0.5, 0.6) is 11.5 Å². The molecule has 2 aromatic rings. The first-order valence-electron chi connectivity index (χ1n) is 9.74. The van der Waals surface area contributed by atoms with E-state index < -0.39 is 11.5 Å².